The van der Waals surface area contributed by atoms with Crippen LogP contribution in [0.4, 0.5) is 17.2 Å². The average Bonchev–Trinajstić information content (AvgIpc) is 3.38. The molecule has 238 valence electrons. The molecule has 0 bridgehead atoms. The maximum absolute atomic E-state index is 13.4. The molecule has 5 aromatic rings. The Kier molecular flexibility index (Phi) is 9.35. The van der Waals surface area contributed by atoms with Gasteiger partial charge in [0.15, 0.2) is 11.6 Å². The molecule has 4 heterocycles. The van der Waals surface area contributed by atoms with Crippen molar-refractivity contribution in [2.75, 3.05) is 37.3 Å². The van der Waals surface area contributed by atoms with E-state index in [4.69, 9.17) is 16.6 Å². The van der Waals surface area contributed by atoms with Crippen LogP contribution in [0.3, 0.4) is 0 Å². The van der Waals surface area contributed by atoms with E-state index in [1.807, 2.05) is 66.5 Å². The summed E-state index contributed by atoms with van der Waals surface area (Å²) in [6.07, 6.45) is 5.76. The highest BCUT2D eigenvalue weighted by atomic mass is 35.5. The Labute approximate surface area is 275 Å². The molecule has 1 aliphatic heterocycles. The van der Waals surface area contributed by atoms with Crippen molar-refractivity contribution in [2.24, 2.45) is 7.05 Å². The van der Waals surface area contributed by atoms with E-state index < -0.39 is 0 Å². The fourth-order valence-corrected chi connectivity index (χ4v) is 6.55. The van der Waals surface area contributed by atoms with Crippen molar-refractivity contribution in [1.82, 2.24) is 29.3 Å². The molecule has 0 atom stereocenters. The molecular formula is C36H41ClN8O. The van der Waals surface area contributed by atoms with Crippen LogP contribution in [-0.2, 0) is 26.6 Å². The first-order chi connectivity index (χ1) is 22.3. The number of halogens is 1. The summed E-state index contributed by atoms with van der Waals surface area (Å²) >= 11 is 6.98. The average molecular weight is 637 g/mol. The Morgan fingerprint density at radius 2 is 1.83 bits per heavy atom. The largest absolute Gasteiger partial charge is 0.338 e. The molecule has 0 fully saturated rings. The number of amides is 1. The van der Waals surface area contributed by atoms with E-state index >= 15 is 0 Å². The molecule has 6 rings (SSSR count). The zero-order valence-corrected chi connectivity index (χ0v) is 27.9. The van der Waals surface area contributed by atoms with Gasteiger partial charge in [0.05, 0.1) is 16.4 Å². The zero-order chi connectivity index (χ0) is 32.4. The summed E-state index contributed by atoms with van der Waals surface area (Å²) in [5, 5.41) is 8.05. The number of imidazole rings is 1. The van der Waals surface area contributed by atoms with Crippen LogP contribution < -0.4 is 10.6 Å². The predicted molar refractivity (Wildman–Crippen MR) is 187 cm³/mol. The predicted octanol–water partition coefficient (Wildman–Crippen LogP) is 7.21. The van der Waals surface area contributed by atoms with E-state index in [1.165, 1.54) is 5.56 Å². The molecule has 1 aliphatic rings. The van der Waals surface area contributed by atoms with Crippen LogP contribution in [-0.4, -0.2) is 61.9 Å². The lowest BCUT2D eigenvalue weighted by atomic mass is 9.98. The third-order valence-corrected chi connectivity index (χ3v) is 9.23. The van der Waals surface area contributed by atoms with Crippen molar-refractivity contribution in [2.45, 2.75) is 46.7 Å². The van der Waals surface area contributed by atoms with Crippen LogP contribution >= 0.6 is 11.6 Å². The van der Waals surface area contributed by atoms with E-state index in [0.29, 0.717) is 22.4 Å². The normalized spacial score (nSPS) is 13.3. The fraction of sp³-hybridized carbons (Fsp3) is 0.333. The second-order valence-corrected chi connectivity index (χ2v) is 12.4. The van der Waals surface area contributed by atoms with Crippen LogP contribution in [0.1, 0.15) is 53.4 Å². The minimum Gasteiger partial charge on any atom is -0.338 e. The Bertz CT molecular complexity index is 1900. The van der Waals surface area contributed by atoms with Gasteiger partial charge in [-0.3, -0.25) is 14.7 Å². The van der Waals surface area contributed by atoms with Gasteiger partial charge in [-0.1, -0.05) is 49.7 Å². The van der Waals surface area contributed by atoms with Crippen LogP contribution in [0.5, 0.6) is 0 Å². The molecule has 10 heteroatoms. The zero-order valence-electron chi connectivity index (χ0n) is 27.2. The van der Waals surface area contributed by atoms with Crippen molar-refractivity contribution in [3.8, 4) is 11.1 Å². The number of anilines is 3. The van der Waals surface area contributed by atoms with Crippen molar-refractivity contribution in [3.05, 3.63) is 94.3 Å². The number of hydrogen-bond acceptors (Lipinski definition) is 7. The Balaban J connectivity index is 1.25. The molecule has 1 amide bonds. The van der Waals surface area contributed by atoms with Crippen LogP contribution in [0.2, 0.25) is 5.02 Å². The third kappa shape index (κ3) is 6.35. The number of nitrogens with zero attached hydrogens (tertiary/aromatic N) is 6. The maximum atomic E-state index is 13.4. The van der Waals surface area contributed by atoms with Crippen molar-refractivity contribution in [3.63, 3.8) is 0 Å². The molecule has 2 N–H and O–H groups in total. The summed E-state index contributed by atoms with van der Waals surface area (Å²) in [6, 6.07) is 16.0. The number of nitrogens with one attached hydrogen (secondary N) is 2. The van der Waals surface area contributed by atoms with E-state index in [1.54, 1.807) is 0 Å². The number of benzene rings is 2. The van der Waals surface area contributed by atoms with Gasteiger partial charge in [-0.15, -0.1) is 0 Å². The smallest absolute Gasteiger partial charge is 0.291 e. The highest BCUT2D eigenvalue weighted by Gasteiger charge is 2.25. The molecule has 0 unspecified atom stereocenters. The molecule has 9 nitrogen and oxygen atoms in total. The van der Waals surface area contributed by atoms with E-state index in [2.05, 4.69) is 64.3 Å². The van der Waals surface area contributed by atoms with Gasteiger partial charge in [0, 0.05) is 67.8 Å². The molecular weight excluding hydrogens is 596 g/mol. The van der Waals surface area contributed by atoms with Gasteiger partial charge in [0.1, 0.15) is 5.52 Å². The number of pyridine rings is 2. The number of rotatable bonds is 10. The fourth-order valence-electron chi connectivity index (χ4n) is 6.27. The highest BCUT2D eigenvalue weighted by molar-refractivity contribution is 6.36. The lowest BCUT2D eigenvalue weighted by molar-refractivity contribution is 0.101. The van der Waals surface area contributed by atoms with E-state index in [-0.39, 0.29) is 5.91 Å². The SMILES string of the molecule is CCCN(CC)Cc1cnc2c(Nc3cccc(-c4cccc(NC(=O)c5nc6c(n5C)CCN(C)C6)c4Cl)c3C)nccc2c1. The van der Waals surface area contributed by atoms with Crippen LogP contribution in [0.15, 0.2) is 60.9 Å². The van der Waals surface area contributed by atoms with Gasteiger partial charge in [-0.2, -0.15) is 0 Å². The van der Waals surface area contributed by atoms with Gasteiger partial charge in [0.25, 0.3) is 5.91 Å². The second kappa shape index (κ2) is 13.6. The number of carbonyl (C=O) groups is 1. The summed E-state index contributed by atoms with van der Waals surface area (Å²) in [6.45, 7) is 11.1. The van der Waals surface area contributed by atoms with E-state index in [0.717, 1.165) is 90.2 Å². The lowest BCUT2D eigenvalue weighted by Gasteiger charge is -2.21. The second-order valence-electron chi connectivity index (χ2n) is 12.0. The molecule has 0 aliphatic carbocycles. The molecule has 0 radical (unpaired) electrons. The van der Waals surface area contributed by atoms with Crippen molar-refractivity contribution >= 4 is 45.6 Å². The Morgan fingerprint density at radius 3 is 2.61 bits per heavy atom. The number of hydrogen-bond donors (Lipinski definition) is 2. The van der Waals surface area contributed by atoms with Gasteiger partial charge in [-0.05, 0) is 74.4 Å². The van der Waals surface area contributed by atoms with Gasteiger partial charge >= 0.3 is 0 Å². The topological polar surface area (TPSA) is 91.2 Å². The quantitative estimate of drug-likeness (QED) is 0.167. The highest BCUT2D eigenvalue weighted by Crippen LogP contribution is 2.38. The number of carbonyl (C=O) groups excluding carboxylic acids is 1. The molecule has 46 heavy (non-hydrogen) atoms. The molecule has 2 aromatic carbocycles. The minimum atomic E-state index is -0.281. The van der Waals surface area contributed by atoms with Crippen LogP contribution in [0.25, 0.3) is 22.0 Å². The monoisotopic (exact) mass is 636 g/mol. The molecule has 0 saturated heterocycles. The van der Waals surface area contributed by atoms with Crippen molar-refractivity contribution in [1.29, 1.82) is 0 Å². The maximum Gasteiger partial charge on any atom is 0.291 e. The number of likely N-dealkylation sites (N-methyl/N-ethyl adjacent to an activating group) is 1. The summed E-state index contributed by atoms with van der Waals surface area (Å²) in [4.78, 5) is 32.2. The summed E-state index contributed by atoms with van der Waals surface area (Å²) < 4.78 is 1.90. The van der Waals surface area contributed by atoms with Gasteiger partial charge in [-0.25, -0.2) is 9.97 Å². The summed E-state index contributed by atoms with van der Waals surface area (Å²) in [7, 11) is 3.97. The standard InChI is InChI=1S/C36H41ClN8O/c1-6-17-45(7-2)21-24-19-25-14-16-38-34(33(25)39-20-24)40-28-12-8-10-26(23(28)3)27-11-9-13-29(32(27)37)42-36(46)35-41-30-22-43(4)18-15-31(30)44(35)5/h8-14,16,19-20H,6-7,15,17-18,21-22H2,1-5H3,(H,38,40)(H,42,46). The number of fused-ring (bicyclic) bond motifs is 2. The first-order valence-corrected chi connectivity index (χ1v) is 16.3. The summed E-state index contributed by atoms with van der Waals surface area (Å²) in [5.41, 5.74) is 8.28. The first kappa shape index (κ1) is 31.7. The third-order valence-electron chi connectivity index (χ3n) is 8.82. The molecule has 0 spiro atoms. The Hall–Kier alpha value is -4.31. The van der Waals surface area contributed by atoms with Crippen LogP contribution in [0, 0.1) is 6.92 Å². The van der Waals surface area contributed by atoms with Crippen molar-refractivity contribution < 1.29 is 4.79 Å². The van der Waals surface area contributed by atoms with Gasteiger partial charge < -0.3 is 20.1 Å². The summed E-state index contributed by atoms with van der Waals surface area (Å²) in [5.74, 6) is 0.800. The molecule has 3 aromatic heterocycles. The van der Waals surface area contributed by atoms with Gasteiger partial charge in [0.2, 0.25) is 0 Å². The Morgan fingerprint density at radius 1 is 1.04 bits per heavy atom. The molecule has 0 saturated carbocycles. The van der Waals surface area contributed by atoms with E-state index in [9.17, 15) is 4.79 Å². The lowest BCUT2D eigenvalue weighted by Crippen LogP contribution is -2.27. The minimum absolute atomic E-state index is 0.281. The first-order valence-electron chi connectivity index (χ1n) is 15.9. The number of aromatic nitrogens is 4.